The van der Waals surface area contributed by atoms with Gasteiger partial charge in [0.1, 0.15) is 23.9 Å². The molecule has 0 spiro atoms. The molecule has 124 valence electrons. The summed E-state index contributed by atoms with van der Waals surface area (Å²) in [6.45, 7) is 1.80. The first-order valence-electron chi connectivity index (χ1n) is 7.48. The lowest BCUT2D eigenvalue weighted by molar-refractivity contribution is -0.123. The van der Waals surface area contributed by atoms with Crippen LogP contribution in [0.25, 0.3) is 6.08 Å². The van der Waals surface area contributed by atoms with Crippen molar-refractivity contribution in [3.8, 4) is 11.5 Å². The molecule has 0 amide bonds. The molecule has 24 heavy (non-hydrogen) atoms. The Morgan fingerprint density at radius 1 is 1.25 bits per heavy atom. The van der Waals surface area contributed by atoms with E-state index in [0.29, 0.717) is 18.1 Å². The summed E-state index contributed by atoms with van der Waals surface area (Å²) in [5.74, 6) is 0.852. The summed E-state index contributed by atoms with van der Waals surface area (Å²) in [6, 6.07) is 9.14. The van der Waals surface area contributed by atoms with Gasteiger partial charge in [-0.1, -0.05) is 6.07 Å². The SMILES string of the molecule is COc1cc(OCc2cccnc2)ccc1/C=C/C(=O)CC(C)=O. The van der Waals surface area contributed by atoms with Gasteiger partial charge in [0, 0.05) is 29.6 Å². The first-order valence-corrected chi connectivity index (χ1v) is 7.48. The number of ketones is 2. The summed E-state index contributed by atoms with van der Waals surface area (Å²) in [7, 11) is 1.55. The van der Waals surface area contributed by atoms with E-state index in [4.69, 9.17) is 9.47 Å². The van der Waals surface area contributed by atoms with Crippen LogP contribution in [-0.4, -0.2) is 23.7 Å². The molecule has 0 unspecified atom stereocenters. The quantitative estimate of drug-likeness (QED) is 0.551. The molecule has 1 aromatic heterocycles. The number of benzene rings is 1. The third-order valence-electron chi connectivity index (χ3n) is 3.21. The second-order valence-corrected chi connectivity index (χ2v) is 5.23. The second kappa shape index (κ2) is 8.62. The lowest BCUT2D eigenvalue weighted by Gasteiger charge is -2.10. The van der Waals surface area contributed by atoms with Gasteiger partial charge >= 0.3 is 0 Å². The normalized spacial score (nSPS) is 10.6. The van der Waals surface area contributed by atoms with Crippen LogP contribution in [-0.2, 0) is 16.2 Å². The summed E-state index contributed by atoms with van der Waals surface area (Å²) in [5.41, 5.74) is 1.71. The molecule has 0 aliphatic heterocycles. The van der Waals surface area contributed by atoms with E-state index in [2.05, 4.69) is 4.98 Å². The molecule has 0 saturated heterocycles. The third-order valence-corrected chi connectivity index (χ3v) is 3.21. The van der Waals surface area contributed by atoms with Gasteiger partial charge in [-0.3, -0.25) is 14.6 Å². The maximum atomic E-state index is 11.6. The lowest BCUT2D eigenvalue weighted by atomic mass is 10.1. The average Bonchev–Trinajstić information content (AvgIpc) is 2.58. The van der Waals surface area contributed by atoms with Crippen molar-refractivity contribution in [3.63, 3.8) is 0 Å². The zero-order valence-corrected chi connectivity index (χ0v) is 13.7. The van der Waals surface area contributed by atoms with Crippen LogP contribution in [0, 0.1) is 0 Å². The van der Waals surface area contributed by atoms with E-state index in [1.54, 1.807) is 43.8 Å². The number of pyridine rings is 1. The number of ether oxygens (including phenoxy) is 2. The van der Waals surface area contributed by atoms with Gasteiger partial charge in [-0.15, -0.1) is 0 Å². The van der Waals surface area contributed by atoms with Gasteiger partial charge in [0.05, 0.1) is 13.5 Å². The van der Waals surface area contributed by atoms with Gasteiger partial charge in [-0.05, 0) is 37.3 Å². The van der Waals surface area contributed by atoms with Crippen molar-refractivity contribution in [2.24, 2.45) is 0 Å². The van der Waals surface area contributed by atoms with Crippen molar-refractivity contribution >= 4 is 17.6 Å². The van der Waals surface area contributed by atoms with Crippen molar-refractivity contribution < 1.29 is 19.1 Å². The molecular formula is C19H19NO4. The Kier molecular flexibility index (Phi) is 6.25. The highest BCUT2D eigenvalue weighted by Crippen LogP contribution is 2.26. The maximum absolute atomic E-state index is 11.6. The number of nitrogens with zero attached hydrogens (tertiary/aromatic N) is 1. The van der Waals surface area contributed by atoms with Gasteiger partial charge in [0.15, 0.2) is 5.78 Å². The fourth-order valence-corrected chi connectivity index (χ4v) is 2.06. The van der Waals surface area contributed by atoms with Crippen LogP contribution in [0.4, 0.5) is 0 Å². The minimum Gasteiger partial charge on any atom is -0.496 e. The number of Topliss-reactive ketones (excluding diaryl/α,β-unsaturated/α-hetero) is 1. The predicted octanol–water partition coefficient (Wildman–Crippen LogP) is 3.23. The summed E-state index contributed by atoms with van der Waals surface area (Å²) in [5, 5.41) is 0. The molecule has 0 atom stereocenters. The lowest BCUT2D eigenvalue weighted by Crippen LogP contribution is -2.00. The van der Waals surface area contributed by atoms with E-state index in [1.807, 2.05) is 12.1 Å². The number of rotatable bonds is 8. The Morgan fingerprint density at radius 2 is 2.08 bits per heavy atom. The topological polar surface area (TPSA) is 65.5 Å². The minimum atomic E-state index is -0.235. The van der Waals surface area contributed by atoms with Gasteiger partial charge in [-0.2, -0.15) is 0 Å². The van der Waals surface area contributed by atoms with Crippen LogP contribution < -0.4 is 9.47 Å². The number of aromatic nitrogens is 1. The highest BCUT2D eigenvalue weighted by molar-refractivity contribution is 6.05. The van der Waals surface area contributed by atoms with Crippen molar-refractivity contribution in [3.05, 3.63) is 59.9 Å². The van der Waals surface area contributed by atoms with E-state index in [1.165, 1.54) is 13.0 Å². The van der Waals surface area contributed by atoms with Gasteiger partial charge < -0.3 is 9.47 Å². The Labute approximate surface area is 140 Å². The van der Waals surface area contributed by atoms with Gasteiger partial charge in [-0.25, -0.2) is 0 Å². The number of hydrogen-bond acceptors (Lipinski definition) is 5. The van der Waals surface area contributed by atoms with E-state index in [9.17, 15) is 9.59 Å². The zero-order chi connectivity index (χ0) is 17.4. The minimum absolute atomic E-state index is 0.0921. The smallest absolute Gasteiger partial charge is 0.163 e. The first-order chi connectivity index (χ1) is 11.6. The Hall–Kier alpha value is -2.95. The fourth-order valence-electron chi connectivity index (χ4n) is 2.06. The van der Waals surface area contributed by atoms with Gasteiger partial charge in [0.2, 0.25) is 0 Å². The van der Waals surface area contributed by atoms with E-state index in [0.717, 1.165) is 11.1 Å². The Morgan fingerprint density at radius 3 is 2.75 bits per heavy atom. The summed E-state index contributed by atoms with van der Waals surface area (Å²) in [6.07, 6.45) is 6.38. The van der Waals surface area contributed by atoms with Crippen molar-refractivity contribution in [1.29, 1.82) is 0 Å². The molecule has 0 bridgehead atoms. The molecule has 0 aliphatic rings. The van der Waals surface area contributed by atoms with Gasteiger partial charge in [0.25, 0.3) is 0 Å². The summed E-state index contributed by atoms with van der Waals surface area (Å²) in [4.78, 5) is 26.5. The van der Waals surface area contributed by atoms with Crippen LogP contribution in [0.3, 0.4) is 0 Å². The van der Waals surface area contributed by atoms with Crippen LogP contribution in [0.2, 0.25) is 0 Å². The molecule has 0 radical (unpaired) electrons. The van der Waals surface area contributed by atoms with Crippen LogP contribution in [0.15, 0.2) is 48.8 Å². The summed E-state index contributed by atoms with van der Waals surface area (Å²) >= 11 is 0. The number of methoxy groups -OCH3 is 1. The molecule has 5 nitrogen and oxygen atoms in total. The highest BCUT2D eigenvalue weighted by atomic mass is 16.5. The zero-order valence-electron chi connectivity index (χ0n) is 13.7. The molecule has 2 rings (SSSR count). The molecule has 0 fully saturated rings. The summed E-state index contributed by atoms with van der Waals surface area (Å²) < 4.78 is 11.0. The standard InChI is InChI=1S/C19H19NO4/c1-14(21)10-17(22)7-5-16-6-8-18(11-19(16)23-2)24-13-15-4-3-9-20-12-15/h3-9,11-12H,10,13H2,1-2H3/b7-5+. The van der Waals surface area contributed by atoms with Crippen molar-refractivity contribution in [2.45, 2.75) is 20.0 Å². The van der Waals surface area contributed by atoms with E-state index >= 15 is 0 Å². The Balaban J connectivity index is 2.05. The predicted molar refractivity (Wildman–Crippen MR) is 90.9 cm³/mol. The maximum Gasteiger partial charge on any atom is 0.163 e. The highest BCUT2D eigenvalue weighted by Gasteiger charge is 2.05. The molecule has 1 aromatic carbocycles. The van der Waals surface area contributed by atoms with Crippen LogP contribution in [0.1, 0.15) is 24.5 Å². The second-order valence-electron chi connectivity index (χ2n) is 5.23. The van der Waals surface area contributed by atoms with Crippen molar-refractivity contribution in [1.82, 2.24) is 4.98 Å². The van der Waals surface area contributed by atoms with Crippen molar-refractivity contribution in [2.75, 3.05) is 7.11 Å². The number of carbonyl (C=O) groups excluding carboxylic acids is 2. The monoisotopic (exact) mass is 325 g/mol. The first kappa shape index (κ1) is 17.4. The number of hydrogen-bond donors (Lipinski definition) is 0. The average molecular weight is 325 g/mol. The Bertz CT molecular complexity index is 738. The third kappa shape index (κ3) is 5.35. The molecular weight excluding hydrogens is 306 g/mol. The fraction of sp³-hybridized carbons (Fsp3) is 0.211. The molecule has 5 heteroatoms. The molecule has 0 saturated carbocycles. The molecule has 1 heterocycles. The van der Waals surface area contributed by atoms with Crippen LogP contribution in [0.5, 0.6) is 11.5 Å². The molecule has 0 N–H and O–H groups in total. The largest absolute Gasteiger partial charge is 0.496 e. The number of allylic oxidation sites excluding steroid dienone is 1. The number of carbonyl (C=O) groups is 2. The van der Waals surface area contributed by atoms with E-state index in [-0.39, 0.29) is 18.0 Å². The van der Waals surface area contributed by atoms with E-state index < -0.39 is 0 Å². The van der Waals surface area contributed by atoms with Crippen LogP contribution >= 0.6 is 0 Å². The molecule has 2 aromatic rings. The molecule has 0 aliphatic carbocycles.